The van der Waals surface area contributed by atoms with Crippen molar-refractivity contribution in [3.05, 3.63) is 35.0 Å². The van der Waals surface area contributed by atoms with Crippen molar-refractivity contribution in [3.8, 4) is 10.6 Å². The number of likely N-dealkylation sites (tertiary alicyclic amines) is 1. The molecule has 3 aromatic rings. The maximum Gasteiger partial charge on any atom is 0.263 e. The van der Waals surface area contributed by atoms with Gasteiger partial charge >= 0.3 is 0 Å². The number of ketones is 1. The number of piperidine rings is 1. The summed E-state index contributed by atoms with van der Waals surface area (Å²) in [6, 6.07) is 4.37. The first-order valence-corrected chi connectivity index (χ1v) is 13.1. The van der Waals surface area contributed by atoms with Crippen LogP contribution in [0.5, 0.6) is 0 Å². The molecule has 1 saturated carbocycles. The fourth-order valence-electron chi connectivity index (χ4n) is 5.40. The average Bonchev–Trinajstić information content (AvgIpc) is 3.51. The highest BCUT2D eigenvalue weighted by Crippen LogP contribution is 2.40. The summed E-state index contributed by atoms with van der Waals surface area (Å²) in [4.78, 5) is 44.8. The van der Waals surface area contributed by atoms with Gasteiger partial charge in [0.2, 0.25) is 0 Å². The number of nitrogens with one attached hydrogen (secondary N) is 1. The van der Waals surface area contributed by atoms with Gasteiger partial charge in [-0.1, -0.05) is 26.2 Å². The first-order valence-electron chi connectivity index (χ1n) is 12.3. The fraction of sp³-hybridized carbons (Fsp3) is 0.538. The van der Waals surface area contributed by atoms with Crippen LogP contribution in [-0.4, -0.2) is 69.7 Å². The zero-order valence-corrected chi connectivity index (χ0v) is 22.3. The number of Topliss-reactive ketones (excluding diaryl/α,β-unsaturated/α-hetero) is 1. The minimum Gasteiger partial charge on any atom is -0.344 e. The molecule has 2 fully saturated rings. The first-order chi connectivity index (χ1) is 16.4. The number of nitrogens with zero attached hydrogens (tertiary/aromatic N) is 4. The van der Waals surface area contributed by atoms with Crippen molar-refractivity contribution in [1.29, 1.82) is 0 Å². The van der Waals surface area contributed by atoms with E-state index in [1.54, 1.807) is 12.4 Å². The lowest BCUT2D eigenvalue weighted by molar-refractivity contribution is 0.0667. The molecule has 1 saturated heterocycles. The van der Waals surface area contributed by atoms with E-state index in [0.29, 0.717) is 28.5 Å². The Hall–Kier alpha value is -2.29. The zero-order valence-electron chi connectivity index (χ0n) is 20.7. The van der Waals surface area contributed by atoms with Crippen LogP contribution in [0.4, 0.5) is 0 Å². The number of hydrogen-bond donors (Lipinski definition) is 1. The predicted molar refractivity (Wildman–Crippen MR) is 143 cm³/mol. The molecule has 5 rings (SSSR count). The van der Waals surface area contributed by atoms with Crippen LogP contribution in [0, 0.1) is 5.41 Å². The largest absolute Gasteiger partial charge is 0.344 e. The Morgan fingerprint density at radius 3 is 2.54 bits per heavy atom. The minimum absolute atomic E-state index is 0. The van der Waals surface area contributed by atoms with Gasteiger partial charge in [-0.05, 0) is 51.9 Å². The first kappa shape index (κ1) is 25.8. The predicted octanol–water partition coefficient (Wildman–Crippen LogP) is 5.43. The maximum absolute atomic E-state index is 13.4. The Morgan fingerprint density at radius 2 is 1.86 bits per heavy atom. The molecule has 0 aromatic carbocycles. The van der Waals surface area contributed by atoms with E-state index in [4.69, 9.17) is 4.98 Å². The molecule has 188 valence electrons. The SMILES string of the molecule is CN(C)C1CCN(C(=O)c2ccc(-c3cnc4[nH]cc(C(=O)C5(C)CCCCC5)c4n3)s2)CC1.Cl. The Kier molecular flexibility index (Phi) is 7.64. The molecule has 1 aliphatic carbocycles. The highest BCUT2D eigenvalue weighted by atomic mass is 35.5. The van der Waals surface area contributed by atoms with Gasteiger partial charge in [0.1, 0.15) is 5.52 Å². The highest BCUT2D eigenvalue weighted by molar-refractivity contribution is 7.17. The van der Waals surface area contributed by atoms with Crippen LogP contribution in [-0.2, 0) is 0 Å². The number of carbonyl (C=O) groups excluding carboxylic acids is 2. The quantitative estimate of drug-likeness (QED) is 0.458. The summed E-state index contributed by atoms with van der Waals surface area (Å²) in [7, 11) is 4.20. The third-order valence-electron chi connectivity index (χ3n) is 7.68. The summed E-state index contributed by atoms with van der Waals surface area (Å²) >= 11 is 1.45. The van der Waals surface area contributed by atoms with Crippen LogP contribution in [0.15, 0.2) is 24.5 Å². The molecule has 2 aliphatic rings. The van der Waals surface area contributed by atoms with Gasteiger partial charge in [-0.2, -0.15) is 0 Å². The Labute approximate surface area is 216 Å². The normalized spacial score (nSPS) is 18.6. The summed E-state index contributed by atoms with van der Waals surface area (Å²) in [6.45, 7) is 3.66. The molecule has 0 unspecified atom stereocenters. The number of aromatic nitrogens is 3. The number of thiophene rings is 1. The van der Waals surface area contributed by atoms with Gasteiger partial charge in [0.05, 0.1) is 27.2 Å². The van der Waals surface area contributed by atoms with Gasteiger partial charge in [0.15, 0.2) is 11.4 Å². The fourth-order valence-corrected chi connectivity index (χ4v) is 6.33. The number of carbonyl (C=O) groups is 2. The summed E-state index contributed by atoms with van der Waals surface area (Å²) in [5.41, 5.74) is 2.26. The Bertz CT molecular complexity index is 1210. The van der Waals surface area contributed by atoms with E-state index in [0.717, 1.165) is 61.4 Å². The van der Waals surface area contributed by atoms with Crippen LogP contribution in [0.25, 0.3) is 21.7 Å². The standard InChI is InChI=1S/C26H33N5O2S.ClH/c1-26(11-5-4-6-12-26)23(32)18-15-27-24-22(18)29-19(16-28-24)20-7-8-21(34-20)25(33)31-13-9-17(10-14-31)30(2)3;/h7-8,15-17H,4-6,9-14H2,1-3H3,(H,27,28);1H. The maximum atomic E-state index is 13.4. The number of fused-ring (bicyclic) bond motifs is 1. The number of rotatable bonds is 5. The second kappa shape index (κ2) is 10.4. The van der Waals surface area contributed by atoms with Crippen LogP contribution in [0.3, 0.4) is 0 Å². The molecule has 0 atom stereocenters. The lowest BCUT2D eigenvalue weighted by Crippen LogP contribution is -2.44. The number of aromatic amines is 1. The van der Waals surface area contributed by atoms with Crippen molar-refractivity contribution in [3.63, 3.8) is 0 Å². The van der Waals surface area contributed by atoms with E-state index in [9.17, 15) is 9.59 Å². The highest BCUT2D eigenvalue weighted by Gasteiger charge is 2.36. The van der Waals surface area contributed by atoms with Crippen LogP contribution in [0.1, 0.15) is 71.9 Å². The van der Waals surface area contributed by atoms with Gasteiger partial charge in [-0.3, -0.25) is 9.59 Å². The number of amides is 1. The van der Waals surface area contributed by atoms with Crippen LogP contribution >= 0.6 is 23.7 Å². The molecule has 4 heterocycles. The summed E-state index contributed by atoms with van der Waals surface area (Å²) in [5, 5.41) is 0. The van der Waals surface area contributed by atoms with E-state index in [2.05, 4.69) is 35.9 Å². The topological polar surface area (TPSA) is 82.2 Å². The summed E-state index contributed by atoms with van der Waals surface area (Å²) in [5.74, 6) is 0.248. The molecular weight excluding hydrogens is 482 g/mol. The third-order valence-corrected chi connectivity index (χ3v) is 8.78. The molecule has 1 N–H and O–H groups in total. The van der Waals surface area contributed by atoms with Crippen LogP contribution in [0.2, 0.25) is 0 Å². The second-order valence-corrected chi connectivity index (χ2v) is 11.3. The lowest BCUT2D eigenvalue weighted by Gasteiger charge is -2.35. The number of hydrogen-bond acceptors (Lipinski definition) is 6. The van der Waals surface area contributed by atoms with Gasteiger partial charge < -0.3 is 14.8 Å². The van der Waals surface area contributed by atoms with E-state index < -0.39 is 0 Å². The monoisotopic (exact) mass is 515 g/mol. The number of halogens is 1. The van der Waals surface area contributed by atoms with E-state index in [1.165, 1.54) is 17.8 Å². The van der Waals surface area contributed by atoms with E-state index in [1.807, 2.05) is 17.0 Å². The second-order valence-electron chi connectivity index (χ2n) is 10.3. The molecule has 35 heavy (non-hydrogen) atoms. The van der Waals surface area contributed by atoms with Crippen molar-refractivity contribution in [2.45, 2.75) is 57.9 Å². The minimum atomic E-state index is -0.326. The third kappa shape index (κ3) is 5.01. The van der Waals surface area contributed by atoms with Gasteiger partial charge in [-0.25, -0.2) is 9.97 Å². The molecule has 3 aromatic heterocycles. The molecule has 0 spiro atoms. The van der Waals surface area contributed by atoms with Crippen molar-refractivity contribution in [2.24, 2.45) is 5.41 Å². The summed E-state index contributed by atoms with van der Waals surface area (Å²) in [6.07, 6.45) is 10.7. The summed E-state index contributed by atoms with van der Waals surface area (Å²) < 4.78 is 0. The molecular formula is C26H34ClN5O2S. The van der Waals surface area contributed by atoms with Gasteiger partial charge in [0, 0.05) is 30.7 Å². The Morgan fingerprint density at radius 1 is 1.14 bits per heavy atom. The molecule has 1 amide bonds. The number of H-pyrrole nitrogens is 1. The van der Waals surface area contributed by atoms with Crippen LogP contribution < -0.4 is 0 Å². The van der Waals surface area contributed by atoms with Gasteiger partial charge in [0.25, 0.3) is 5.91 Å². The molecule has 1 aliphatic heterocycles. The molecule has 0 radical (unpaired) electrons. The van der Waals surface area contributed by atoms with Gasteiger partial charge in [-0.15, -0.1) is 23.7 Å². The van der Waals surface area contributed by atoms with E-state index in [-0.39, 0.29) is 29.5 Å². The average molecular weight is 516 g/mol. The lowest BCUT2D eigenvalue weighted by atomic mass is 9.71. The van der Waals surface area contributed by atoms with Crippen molar-refractivity contribution in [2.75, 3.05) is 27.2 Å². The molecule has 9 heteroatoms. The molecule has 0 bridgehead atoms. The van der Waals surface area contributed by atoms with E-state index >= 15 is 0 Å². The zero-order chi connectivity index (χ0) is 23.9. The van der Waals surface area contributed by atoms with Crippen molar-refractivity contribution in [1.82, 2.24) is 24.8 Å². The van der Waals surface area contributed by atoms with Crippen molar-refractivity contribution >= 4 is 46.6 Å². The molecule has 7 nitrogen and oxygen atoms in total. The van der Waals surface area contributed by atoms with Crippen molar-refractivity contribution < 1.29 is 9.59 Å². The Balaban J connectivity index is 0.00000289. The smallest absolute Gasteiger partial charge is 0.263 e.